The molecule has 1 aromatic carbocycles. The summed E-state index contributed by atoms with van der Waals surface area (Å²) in [5.74, 6) is -1.93. The van der Waals surface area contributed by atoms with Crippen molar-refractivity contribution in [1.82, 2.24) is 20.3 Å². The Morgan fingerprint density at radius 2 is 1.96 bits per heavy atom. The molecule has 122 valence electrons. The average Bonchev–Trinajstić information content (AvgIpc) is 3.11. The molecule has 1 amide bonds. The molecule has 0 aliphatic heterocycles. The summed E-state index contributed by atoms with van der Waals surface area (Å²) in [6.45, 7) is 0.215. The van der Waals surface area contributed by atoms with Gasteiger partial charge in [0.25, 0.3) is 11.8 Å². The minimum atomic E-state index is -0.677. The first-order chi connectivity index (χ1) is 11.5. The molecule has 0 saturated carbocycles. The third-order valence-corrected chi connectivity index (χ3v) is 4.09. The lowest BCUT2D eigenvalue weighted by Gasteiger charge is -2.08. The number of carbonyl (C=O) groups is 1. The van der Waals surface area contributed by atoms with Crippen LogP contribution in [0.1, 0.15) is 16.1 Å². The fourth-order valence-corrected chi connectivity index (χ4v) is 2.59. The van der Waals surface area contributed by atoms with Gasteiger partial charge in [0.15, 0.2) is 16.5 Å². The highest BCUT2D eigenvalue weighted by Crippen LogP contribution is 2.29. The zero-order chi connectivity index (χ0) is 17.1. The minimum Gasteiger partial charge on any atom is -0.501 e. The van der Waals surface area contributed by atoms with E-state index in [1.165, 1.54) is 11.3 Å². The van der Waals surface area contributed by atoms with Crippen LogP contribution in [0.25, 0.3) is 10.8 Å². The van der Waals surface area contributed by atoms with Gasteiger partial charge in [-0.3, -0.25) is 4.79 Å². The zero-order valence-electron chi connectivity index (χ0n) is 12.1. The molecule has 9 heteroatoms. The van der Waals surface area contributed by atoms with Crippen LogP contribution >= 0.6 is 22.9 Å². The van der Waals surface area contributed by atoms with E-state index in [0.717, 1.165) is 5.56 Å². The fraction of sp³-hybridized carbons (Fsp3) is 0.0667. The van der Waals surface area contributed by atoms with E-state index < -0.39 is 17.5 Å². The molecule has 0 fully saturated rings. The molecule has 0 saturated heterocycles. The molecular weight excluding hydrogens is 352 g/mol. The molecule has 3 aromatic rings. The first kappa shape index (κ1) is 16.2. The second-order valence-corrected chi connectivity index (χ2v) is 6.05. The maximum absolute atomic E-state index is 12.3. The highest BCUT2D eigenvalue weighted by Gasteiger charge is 2.20. The summed E-state index contributed by atoms with van der Waals surface area (Å²) >= 11 is 7.05. The van der Waals surface area contributed by atoms with Crippen LogP contribution in [0.4, 0.5) is 0 Å². The SMILES string of the molecule is O=C(NCc1ccc(Cl)cc1)c1nc(-c2nccs2)nc(O)c1O. The van der Waals surface area contributed by atoms with Gasteiger partial charge in [0.05, 0.1) is 0 Å². The van der Waals surface area contributed by atoms with Crippen molar-refractivity contribution in [3.05, 3.63) is 52.1 Å². The van der Waals surface area contributed by atoms with E-state index in [0.29, 0.717) is 10.0 Å². The van der Waals surface area contributed by atoms with Gasteiger partial charge in [0.1, 0.15) is 0 Å². The number of nitrogens with zero attached hydrogens (tertiary/aromatic N) is 3. The number of halogens is 1. The maximum atomic E-state index is 12.3. The molecule has 24 heavy (non-hydrogen) atoms. The lowest BCUT2D eigenvalue weighted by Crippen LogP contribution is -2.24. The molecule has 7 nitrogen and oxygen atoms in total. The van der Waals surface area contributed by atoms with Crippen molar-refractivity contribution < 1.29 is 15.0 Å². The van der Waals surface area contributed by atoms with Gasteiger partial charge in [-0.1, -0.05) is 23.7 Å². The highest BCUT2D eigenvalue weighted by molar-refractivity contribution is 7.13. The molecule has 3 rings (SSSR count). The molecule has 3 N–H and O–H groups in total. The second-order valence-electron chi connectivity index (χ2n) is 4.71. The van der Waals surface area contributed by atoms with Crippen molar-refractivity contribution in [2.45, 2.75) is 6.54 Å². The lowest BCUT2D eigenvalue weighted by atomic mass is 10.2. The molecule has 2 heterocycles. The summed E-state index contributed by atoms with van der Waals surface area (Å²) in [4.78, 5) is 24.0. The number of benzene rings is 1. The second kappa shape index (κ2) is 6.81. The largest absolute Gasteiger partial charge is 0.501 e. The predicted octanol–water partition coefficient (Wildman–Crippen LogP) is 2.59. The summed E-state index contributed by atoms with van der Waals surface area (Å²) < 4.78 is 0. The molecule has 0 aliphatic carbocycles. The summed E-state index contributed by atoms with van der Waals surface area (Å²) in [7, 11) is 0. The Morgan fingerprint density at radius 1 is 1.21 bits per heavy atom. The standard InChI is InChI=1S/C15H11ClN4O3S/c16-9-3-1-8(2-4-9)7-18-13(22)10-11(21)14(23)20-12(19-10)15-17-5-6-24-15/h1-6,21H,7H2,(H,18,22)(H,19,20,23). The van der Waals surface area contributed by atoms with Gasteiger partial charge in [-0.2, -0.15) is 4.98 Å². The molecule has 0 radical (unpaired) electrons. The van der Waals surface area contributed by atoms with Crippen LogP contribution < -0.4 is 5.32 Å². The first-order valence-electron chi connectivity index (χ1n) is 6.77. The van der Waals surface area contributed by atoms with E-state index in [2.05, 4.69) is 20.3 Å². The monoisotopic (exact) mass is 362 g/mol. The minimum absolute atomic E-state index is 0.0666. The summed E-state index contributed by atoms with van der Waals surface area (Å²) in [6.07, 6.45) is 1.55. The van der Waals surface area contributed by atoms with Crippen LogP contribution in [0.2, 0.25) is 5.02 Å². The van der Waals surface area contributed by atoms with Crippen molar-refractivity contribution in [3.63, 3.8) is 0 Å². The average molecular weight is 363 g/mol. The molecular formula is C15H11ClN4O3S. The Hall–Kier alpha value is -2.71. The number of nitrogens with one attached hydrogen (secondary N) is 1. The molecule has 2 aromatic heterocycles. The number of thiazole rings is 1. The predicted molar refractivity (Wildman–Crippen MR) is 89.1 cm³/mol. The van der Waals surface area contributed by atoms with Crippen LogP contribution in [0, 0.1) is 0 Å². The van der Waals surface area contributed by atoms with Gasteiger partial charge in [-0.25, -0.2) is 9.97 Å². The molecule has 0 aliphatic rings. The third-order valence-electron chi connectivity index (χ3n) is 3.07. The van der Waals surface area contributed by atoms with Crippen molar-refractivity contribution in [3.8, 4) is 22.5 Å². The summed E-state index contributed by atoms with van der Waals surface area (Å²) in [5, 5.41) is 24.9. The van der Waals surface area contributed by atoms with Gasteiger partial charge in [-0.05, 0) is 17.7 Å². The van der Waals surface area contributed by atoms with Crippen molar-refractivity contribution in [2.75, 3.05) is 0 Å². The maximum Gasteiger partial charge on any atom is 0.274 e. The third kappa shape index (κ3) is 3.44. The number of aromatic nitrogens is 3. The van der Waals surface area contributed by atoms with E-state index in [1.807, 2.05) is 0 Å². The number of aromatic hydroxyl groups is 2. The van der Waals surface area contributed by atoms with Crippen LogP contribution in [-0.2, 0) is 6.54 Å². The number of hydrogen-bond donors (Lipinski definition) is 3. The van der Waals surface area contributed by atoms with Crippen molar-refractivity contribution >= 4 is 28.8 Å². The van der Waals surface area contributed by atoms with Crippen molar-refractivity contribution in [1.29, 1.82) is 0 Å². The Bertz CT molecular complexity index is 869. The van der Waals surface area contributed by atoms with E-state index >= 15 is 0 Å². The van der Waals surface area contributed by atoms with Gasteiger partial charge in [-0.15, -0.1) is 11.3 Å². The van der Waals surface area contributed by atoms with E-state index in [4.69, 9.17) is 11.6 Å². The molecule has 0 spiro atoms. The summed E-state index contributed by atoms with van der Waals surface area (Å²) in [5.41, 5.74) is 0.507. The zero-order valence-corrected chi connectivity index (χ0v) is 13.7. The number of hydrogen-bond acceptors (Lipinski definition) is 7. The molecule has 0 unspecified atom stereocenters. The number of carbonyl (C=O) groups excluding carboxylic acids is 1. The van der Waals surface area contributed by atoms with E-state index in [-0.39, 0.29) is 18.1 Å². The Kier molecular flexibility index (Phi) is 4.59. The number of rotatable bonds is 4. The topological polar surface area (TPSA) is 108 Å². The first-order valence-corrected chi connectivity index (χ1v) is 8.03. The van der Waals surface area contributed by atoms with Crippen LogP contribution in [0.5, 0.6) is 11.6 Å². The fourth-order valence-electron chi connectivity index (χ4n) is 1.90. The molecule has 0 bridgehead atoms. The van der Waals surface area contributed by atoms with Crippen LogP contribution in [0.3, 0.4) is 0 Å². The van der Waals surface area contributed by atoms with E-state index in [1.54, 1.807) is 35.8 Å². The van der Waals surface area contributed by atoms with Crippen LogP contribution in [-0.4, -0.2) is 31.1 Å². The molecule has 0 atom stereocenters. The Balaban J connectivity index is 1.82. The Labute approximate surface area is 145 Å². The normalized spacial score (nSPS) is 10.5. The van der Waals surface area contributed by atoms with Gasteiger partial charge < -0.3 is 15.5 Å². The van der Waals surface area contributed by atoms with Gasteiger partial charge in [0, 0.05) is 23.1 Å². The number of amides is 1. The lowest BCUT2D eigenvalue weighted by molar-refractivity contribution is 0.0942. The van der Waals surface area contributed by atoms with Gasteiger partial charge in [0.2, 0.25) is 5.75 Å². The van der Waals surface area contributed by atoms with E-state index in [9.17, 15) is 15.0 Å². The van der Waals surface area contributed by atoms with Gasteiger partial charge >= 0.3 is 0 Å². The quantitative estimate of drug-likeness (QED) is 0.658. The Morgan fingerprint density at radius 3 is 2.62 bits per heavy atom. The van der Waals surface area contributed by atoms with Crippen molar-refractivity contribution in [2.24, 2.45) is 0 Å². The summed E-state index contributed by atoms with van der Waals surface area (Å²) in [6, 6.07) is 6.94. The smallest absolute Gasteiger partial charge is 0.274 e. The highest BCUT2D eigenvalue weighted by atomic mass is 35.5. The van der Waals surface area contributed by atoms with Crippen LogP contribution in [0.15, 0.2) is 35.8 Å².